The molecular weight excluding hydrogens is 293 g/mol. The van der Waals surface area contributed by atoms with Crippen molar-refractivity contribution in [2.45, 2.75) is 0 Å². The van der Waals surface area contributed by atoms with Crippen LogP contribution in [0.1, 0.15) is 15.2 Å². The first-order valence-electron chi connectivity index (χ1n) is 4.85. The summed E-state index contributed by atoms with van der Waals surface area (Å²) in [6.45, 7) is 0. The van der Waals surface area contributed by atoms with Crippen LogP contribution in [0.4, 0.5) is 5.69 Å². The van der Waals surface area contributed by atoms with E-state index in [1.807, 2.05) is 0 Å². The number of rotatable bonds is 3. The molecule has 4 nitrogen and oxygen atoms in total. The van der Waals surface area contributed by atoms with Gasteiger partial charge in [-0.15, -0.1) is 0 Å². The van der Waals surface area contributed by atoms with Gasteiger partial charge in [-0.05, 0) is 17.6 Å². The van der Waals surface area contributed by atoms with Crippen molar-refractivity contribution in [3.05, 3.63) is 44.9 Å². The van der Waals surface area contributed by atoms with Crippen molar-refractivity contribution in [3.63, 3.8) is 0 Å². The normalized spacial score (nSPS) is 10.1. The van der Waals surface area contributed by atoms with Crippen molar-refractivity contribution in [1.82, 2.24) is 4.37 Å². The average Bonchev–Trinajstić information content (AvgIpc) is 2.71. The lowest BCUT2D eigenvalue weighted by Crippen LogP contribution is -2.12. The van der Waals surface area contributed by atoms with E-state index in [9.17, 15) is 4.79 Å². The van der Waals surface area contributed by atoms with Crippen LogP contribution in [-0.2, 0) is 0 Å². The van der Waals surface area contributed by atoms with Crippen molar-refractivity contribution >= 4 is 52.5 Å². The number of nitrogens with one attached hydrogen (secondary N) is 2. The number of amides is 1. The monoisotopic (exact) mass is 299 g/mol. The van der Waals surface area contributed by atoms with Gasteiger partial charge in [0.2, 0.25) is 0 Å². The van der Waals surface area contributed by atoms with Crippen molar-refractivity contribution in [2.24, 2.45) is 0 Å². The standard InChI is InChI=1S/C11H7Cl2N3OS/c12-8-9(18-16-10(8)13)11(17)15-7-4-2-1-3-6(7)5-14/h1-5,14H,(H,15,17). The Morgan fingerprint density at radius 3 is 2.72 bits per heavy atom. The predicted octanol–water partition coefficient (Wildman–Crippen LogP) is 3.70. The summed E-state index contributed by atoms with van der Waals surface area (Å²) in [6, 6.07) is 6.98. The third-order valence-corrected chi connectivity index (χ3v) is 3.96. The van der Waals surface area contributed by atoms with Gasteiger partial charge in [0.15, 0.2) is 5.15 Å². The number of nitrogens with zero attached hydrogens (tertiary/aromatic N) is 1. The molecule has 1 aromatic heterocycles. The van der Waals surface area contributed by atoms with Crippen LogP contribution in [-0.4, -0.2) is 16.5 Å². The number of hydrogen-bond acceptors (Lipinski definition) is 4. The van der Waals surface area contributed by atoms with Gasteiger partial charge in [-0.1, -0.05) is 41.4 Å². The number of hydrogen-bond donors (Lipinski definition) is 2. The van der Waals surface area contributed by atoms with E-state index >= 15 is 0 Å². The van der Waals surface area contributed by atoms with Gasteiger partial charge in [0, 0.05) is 17.5 Å². The zero-order chi connectivity index (χ0) is 13.1. The Bertz CT molecular complexity index is 612. The van der Waals surface area contributed by atoms with E-state index in [1.165, 1.54) is 0 Å². The molecule has 92 valence electrons. The van der Waals surface area contributed by atoms with Gasteiger partial charge >= 0.3 is 0 Å². The summed E-state index contributed by atoms with van der Waals surface area (Å²) >= 11 is 12.5. The fourth-order valence-corrected chi connectivity index (χ4v) is 2.43. The van der Waals surface area contributed by atoms with E-state index in [0.29, 0.717) is 11.3 Å². The molecule has 0 bridgehead atoms. The smallest absolute Gasteiger partial charge is 0.268 e. The Labute approximate surface area is 117 Å². The zero-order valence-electron chi connectivity index (χ0n) is 8.91. The fourth-order valence-electron chi connectivity index (χ4n) is 1.32. The van der Waals surface area contributed by atoms with Gasteiger partial charge in [-0.25, -0.2) is 0 Å². The van der Waals surface area contributed by atoms with E-state index in [4.69, 9.17) is 28.6 Å². The molecule has 7 heteroatoms. The highest BCUT2D eigenvalue weighted by Crippen LogP contribution is 2.29. The maximum Gasteiger partial charge on any atom is 0.268 e. The molecule has 1 aromatic carbocycles. The van der Waals surface area contributed by atoms with Crippen LogP contribution in [0, 0.1) is 5.41 Å². The molecular formula is C11H7Cl2N3OS. The number of anilines is 1. The molecule has 2 rings (SSSR count). The Hall–Kier alpha value is -1.43. The first-order valence-corrected chi connectivity index (χ1v) is 6.38. The lowest BCUT2D eigenvalue weighted by Gasteiger charge is -2.06. The Kier molecular flexibility index (Phi) is 3.96. The largest absolute Gasteiger partial charge is 0.321 e. The topological polar surface area (TPSA) is 65.8 Å². The van der Waals surface area contributed by atoms with Crippen LogP contribution in [0.5, 0.6) is 0 Å². The molecule has 0 aliphatic rings. The lowest BCUT2D eigenvalue weighted by atomic mass is 10.2. The van der Waals surface area contributed by atoms with Crippen molar-refractivity contribution < 1.29 is 4.79 Å². The highest BCUT2D eigenvalue weighted by molar-refractivity contribution is 7.09. The average molecular weight is 300 g/mol. The van der Waals surface area contributed by atoms with Gasteiger partial charge < -0.3 is 10.7 Å². The van der Waals surface area contributed by atoms with Crippen molar-refractivity contribution in [1.29, 1.82) is 5.41 Å². The van der Waals surface area contributed by atoms with E-state index in [2.05, 4.69) is 9.69 Å². The first-order chi connectivity index (χ1) is 8.63. The van der Waals surface area contributed by atoms with Gasteiger partial charge in [0.25, 0.3) is 5.91 Å². The van der Waals surface area contributed by atoms with E-state index in [1.54, 1.807) is 24.3 Å². The lowest BCUT2D eigenvalue weighted by molar-refractivity contribution is 0.103. The number of benzene rings is 1. The number of carbonyl (C=O) groups is 1. The maximum atomic E-state index is 12.0. The highest BCUT2D eigenvalue weighted by atomic mass is 35.5. The summed E-state index contributed by atoms with van der Waals surface area (Å²) in [7, 11) is 0. The Morgan fingerprint density at radius 1 is 1.39 bits per heavy atom. The third-order valence-electron chi connectivity index (χ3n) is 2.17. The molecule has 1 heterocycles. The van der Waals surface area contributed by atoms with Crippen molar-refractivity contribution in [2.75, 3.05) is 5.32 Å². The summed E-state index contributed by atoms with van der Waals surface area (Å²) in [5, 5.41) is 10.2. The molecule has 0 fully saturated rings. The molecule has 2 N–H and O–H groups in total. The summed E-state index contributed by atoms with van der Waals surface area (Å²) in [4.78, 5) is 12.2. The van der Waals surface area contributed by atoms with Crippen LogP contribution in [0.15, 0.2) is 24.3 Å². The molecule has 0 saturated heterocycles. The second kappa shape index (κ2) is 5.48. The number of aromatic nitrogens is 1. The molecule has 0 unspecified atom stereocenters. The van der Waals surface area contributed by atoms with Crippen LogP contribution < -0.4 is 5.32 Å². The van der Waals surface area contributed by atoms with E-state index < -0.39 is 5.91 Å². The van der Waals surface area contributed by atoms with E-state index in [-0.39, 0.29) is 15.1 Å². The van der Waals surface area contributed by atoms with Gasteiger partial charge in [-0.2, -0.15) is 4.37 Å². The minimum atomic E-state index is -0.390. The zero-order valence-corrected chi connectivity index (χ0v) is 11.2. The Balaban J connectivity index is 2.27. The quantitative estimate of drug-likeness (QED) is 0.849. The molecule has 0 saturated carbocycles. The minimum Gasteiger partial charge on any atom is -0.321 e. The molecule has 0 spiro atoms. The summed E-state index contributed by atoms with van der Waals surface area (Å²) < 4.78 is 3.79. The second-order valence-corrected chi connectivity index (χ2v) is 4.81. The molecule has 2 aromatic rings. The number of carbonyl (C=O) groups excluding carboxylic acids is 1. The van der Waals surface area contributed by atoms with Crippen molar-refractivity contribution in [3.8, 4) is 0 Å². The first kappa shape index (κ1) is 13.0. The molecule has 0 radical (unpaired) electrons. The van der Waals surface area contributed by atoms with Gasteiger partial charge in [-0.3, -0.25) is 4.79 Å². The minimum absolute atomic E-state index is 0.118. The van der Waals surface area contributed by atoms with Gasteiger partial charge in [0.05, 0.1) is 0 Å². The molecule has 0 aliphatic carbocycles. The second-order valence-electron chi connectivity index (χ2n) is 3.30. The summed E-state index contributed by atoms with van der Waals surface area (Å²) in [5.41, 5.74) is 1.15. The molecule has 1 amide bonds. The highest BCUT2D eigenvalue weighted by Gasteiger charge is 2.17. The number of halogens is 2. The molecule has 18 heavy (non-hydrogen) atoms. The molecule has 0 aliphatic heterocycles. The van der Waals surface area contributed by atoms with Crippen LogP contribution in [0.2, 0.25) is 10.2 Å². The SMILES string of the molecule is N=Cc1ccccc1NC(=O)c1snc(Cl)c1Cl. The summed E-state index contributed by atoms with van der Waals surface area (Å²) in [5.74, 6) is -0.390. The van der Waals surface area contributed by atoms with Gasteiger partial charge in [0.1, 0.15) is 9.90 Å². The van der Waals surface area contributed by atoms with Crippen LogP contribution in [0.25, 0.3) is 0 Å². The molecule has 0 atom stereocenters. The maximum absolute atomic E-state index is 12.0. The number of para-hydroxylation sites is 1. The van der Waals surface area contributed by atoms with Crippen LogP contribution >= 0.6 is 34.7 Å². The Morgan fingerprint density at radius 2 is 2.11 bits per heavy atom. The fraction of sp³-hybridized carbons (Fsp3) is 0. The van der Waals surface area contributed by atoms with Crippen LogP contribution in [0.3, 0.4) is 0 Å². The third kappa shape index (κ3) is 2.53. The predicted molar refractivity (Wildman–Crippen MR) is 74.4 cm³/mol. The summed E-state index contributed by atoms with van der Waals surface area (Å²) in [6.07, 6.45) is 1.16. The van der Waals surface area contributed by atoms with E-state index in [0.717, 1.165) is 17.7 Å².